The molecule has 1 N–H and O–H groups in total. The summed E-state index contributed by atoms with van der Waals surface area (Å²) in [6.07, 6.45) is -4.52. The van der Waals surface area contributed by atoms with Crippen molar-refractivity contribution in [1.82, 2.24) is 9.88 Å². The normalized spacial score (nSPS) is 12.7. The van der Waals surface area contributed by atoms with Crippen molar-refractivity contribution < 1.29 is 18.0 Å². The van der Waals surface area contributed by atoms with Gasteiger partial charge in [-0.25, -0.2) is 0 Å². The maximum Gasteiger partial charge on any atom is 0.416 e. The first-order chi connectivity index (χ1) is 12.1. The standard InChI is InChI=1S/C19H21F3N2O2/c1-5-24-12(3)10-11(2)16(18(24)26)17(25)23-13(4)14-8-6-7-9-15(14)19(20,21)22/h6-10,13H,5H2,1-4H3,(H,23,25). The third kappa shape index (κ3) is 3.81. The highest BCUT2D eigenvalue weighted by Crippen LogP contribution is 2.34. The maximum atomic E-state index is 13.2. The van der Waals surface area contributed by atoms with E-state index in [1.165, 1.54) is 29.7 Å². The molecule has 1 heterocycles. The smallest absolute Gasteiger partial charge is 0.345 e. The van der Waals surface area contributed by atoms with E-state index in [0.717, 1.165) is 11.8 Å². The molecule has 0 saturated carbocycles. The summed E-state index contributed by atoms with van der Waals surface area (Å²) in [6.45, 7) is 7.05. The number of benzene rings is 1. The van der Waals surface area contributed by atoms with Crippen molar-refractivity contribution in [2.45, 2.75) is 46.5 Å². The minimum atomic E-state index is -4.52. The Morgan fingerprint density at radius 1 is 1.23 bits per heavy atom. The van der Waals surface area contributed by atoms with Crippen molar-refractivity contribution in [2.75, 3.05) is 0 Å². The first kappa shape index (κ1) is 19.8. The minimum Gasteiger partial charge on any atom is -0.345 e. The van der Waals surface area contributed by atoms with Crippen molar-refractivity contribution in [3.8, 4) is 0 Å². The predicted molar refractivity (Wildman–Crippen MR) is 93.2 cm³/mol. The van der Waals surface area contributed by atoms with E-state index < -0.39 is 29.2 Å². The van der Waals surface area contributed by atoms with Gasteiger partial charge in [0.1, 0.15) is 5.56 Å². The molecule has 1 unspecified atom stereocenters. The fourth-order valence-corrected chi connectivity index (χ4v) is 3.08. The molecule has 1 aromatic carbocycles. The van der Waals surface area contributed by atoms with E-state index in [1.54, 1.807) is 26.8 Å². The number of pyridine rings is 1. The number of rotatable bonds is 4. The number of hydrogen-bond acceptors (Lipinski definition) is 2. The summed E-state index contributed by atoms with van der Waals surface area (Å²) < 4.78 is 41.0. The summed E-state index contributed by atoms with van der Waals surface area (Å²) in [4.78, 5) is 25.2. The highest BCUT2D eigenvalue weighted by atomic mass is 19.4. The van der Waals surface area contributed by atoms with Gasteiger partial charge in [-0.05, 0) is 51.0 Å². The van der Waals surface area contributed by atoms with Crippen LogP contribution in [0.15, 0.2) is 35.1 Å². The third-order valence-electron chi connectivity index (χ3n) is 4.33. The first-order valence-corrected chi connectivity index (χ1v) is 8.26. The molecule has 140 valence electrons. The SMILES string of the molecule is CCn1c(C)cc(C)c(C(=O)NC(C)c2ccccc2C(F)(F)F)c1=O. The van der Waals surface area contributed by atoms with Gasteiger partial charge in [0.15, 0.2) is 0 Å². The van der Waals surface area contributed by atoms with E-state index in [-0.39, 0.29) is 11.1 Å². The van der Waals surface area contributed by atoms with Gasteiger partial charge < -0.3 is 9.88 Å². The second-order valence-corrected chi connectivity index (χ2v) is 6.17. The Morgan fingerprint density at radius 3 is 2.42 bits per heavy atom. The summed E-state index contributed by atoms with van der Waals surface area (Å²) in [5, 5.41) is 2.53. The lowest BCUT2D eigenvalue weighted by Gasteiger charge is -2.20. The molecule has 0 bridgehead atoms. The Morgan fingerprint density at radius 2 is 1.85 bits per heavy atom. The largest absolute Gasteiger partial charge is 0.416 e. The molecule has 26 heavy (non-hydrogen) atoms. The van der Waals surface area contributed by atoms with Crippen LogP contribution < -0.4 is 10.9 Å². The van der Waals surface area contributed by atoms with Crippen LogP contribution >= 0.6 is 0 Å². The van der Waals surface area contributed by atoms with Crippen LogP contribution in [-0.4, -0.2) is 10.5 Å². The number of aryl methyl sites for hydroxylation is 2. The number of amides is 1. The van der Waals surface area contributed by atoms with Crippen LogP contribution in [0.25, 0.3) is 0 Å². The number of hydrogen-bond donors (Lipinski definition) is 1. The second kappa shape index (κ2) is 7.35. The molecular weight excluding hydrogens is 345 g/mol. The number of aromatic nitrogens is 1. The minimum absolute atomic E-state index is 0.0473. The van der Waals surface area contributed by atoms with Crippen LogP contribution in [0.3, 0.4) is 0 Å². The lowest BCUT2D eigenvalue weighted by Crippen LogP contribution is -2.36. The molecule has 0 aliphatic heterocycles. The van der Waals surface area contributed by atoms with Gasteiger partial charge in [-0.1, -0.05) is 18.2 Å². The van der Waals surface area contributed by atoms with Gasteiger partial charge in [-0.3, -0.25) is 9.59 Å². The fourth-order valence-electron chi connectivity index (χ4n) is 3.08. The Hall–Kier alpha value is -2.57. The van der Waals surface area contributed by atoms with Crippen molar-refractivity contribution in [3.63, 3.8) is 0 Å². The van der Waals surface area contributed by atoms with E-state index >= 15 is 0 Å². The van der Waals surface area contributed by atoms with Crippen LogP contribution in [0.1, 0.15) is 52.6 Å². The van der Waals surface area contributed by atoms with Crippen molar-refractivity contribution in [2.24, 2.45) is 0 Å². The van der Waals surface area contributed by atoms with Crippen LogP contribution in [0.4, 0.5) is 13.2 Å². The van der Waals surface area contributed by atoms with E-state index in [4.69, 9.17) is 0 Å². The number of carbonyl (C=O) groups is 1. The van der Waals surface area contributed by atoms with E-state index in [0.29, 0.717) is 12.1 Å². The molecule has 0 aliphatic carbocycles. The van der Waals surface area contributed by atoms with Gasteiger partial charge in [0.05, 0.1) is 11.6 Å². The summed E-state index contributed by atoms with van der Waals surface area (Å²) in [7, 11) is 0. The Labute approximate surface area is 149 Å². The van der Waals surface area contributed by atoms with Gasteiger partial charge in [-0.15, -0.1) is 0 Å². The highest BCUT2D eigenvalue weighted by molar-refractivity contribution is 5.95. The molecule has 4 nitrogen and oxygen atoms in total. The van der Waals surface area contributed by atoms with Crippen LogP contribution in [0, 0.1) is 13.8 Å². The molecule has 0 radical (unpaired) electrons. The number of nitrogens with zero attached hydrogens (tertiary/aromatic N) is 1. The molecule has 2 aromatic rings. The molecule has 0 saturated heterocycles. The number of nitrogens with one attached hydrogen (secondary N) is 1. The first-order valence-electron chi connectivity index (χ1n) is 8.26. The lowest BCUT2D eigenvalue weighted by atomic mass is 10.0. The second-order valence-electron chi connectivity index (χ2n) is 6.17. The van der Waals surface area contributed by atoms with E-state index in [9.17, 15) is 22.8 Å². The average molecular weight is 366 g/mol. The summed E-state index contributed by atoms with van der Waals surface area (Å²) in [5.74, 6) is -0.681. The average Bonchev–Trinajstić information content (AvgIpc) is 2.53. The fraction of sp³-hybridized carbons (Fsp3) is 0.368. The van der Waals surface area contributed by atoms with Gasteiger partial charge in [0, 0.05) is 12.2 Å². The highest BCUT2D eigenvalue weighted by Gasteiger charge is 2.34. The van der Waals surface area contributed by atoms with Gasteiger partial charge in [-0.2, -0.15) is 13.2 Å². The molecule has 1 aromatic heterocycles. The van der Waals surface area contributed by atoms with Crippen molar-refractivity contribution in [1.29, 1.82) is 0 Å². The Kier molecular flexibility index (Phi) is 5.59. The Bertz CT molecular complexity index is 885. The topological polar surface area (TPSA) is 51.1 Å². The van der Waals surface area contributed by atoms with Crippen LogP contribution in [0.5, 0.6) is 0 Å². The zero-order chi connectivity index (χ0) is 19.6. The van der Waals surface area contributed by atoms with Gasteiger partial charge in [0.25, 0.3) is 11.5 Å². The molecule has 0 spiro atoms. The number of alkyl halides is 3. The van der Waals surface area contributed by atoms with Gasteiger partial charge in [0.2, 0.25) is 0 Å². The summed E-state index contributed by atoms with van der Waals surface area (Å²) >= 11 is 0. The summed E-state index contributed by atoms with van der Waals surface area (Å²) in [6, 6.07) is 5.88. The van der Waals surface area contributed by atoms with Crippen molar-refractivity contribution in [3.05, 3.63) is 68.6 Å². The van der Waals surface area contributed by atoms with E-state index in [1.807, 2.05) is 0 Å². The molecule has 1 amide bonds. The molecule has 2 rings (SSSR count). The number of carbonyl (C=O) groups excluding carboxylic acids is 1. The molecule has 0 fully saturated rings. The van der Waals surface area contributed by atoms with Crippen molar-refractivity contribution >= 4 is 5.91 Å². The zero-order valence-electron chi connectivity index (χ0n) is 15.1. The monoisotopic (exact) mass is 366 g/mol. The Balaban J connectivity index is 2.40. The van der Waals surface area contributed by atoms with Crippen LogP contribution in [0.2, 0.25) is 0 Å². The molecule has 0 aliphatic rings. The zero-order valence-corrected chi connectivity index (χ0v) is 15.1. The van der Waals surface area contributed by atoms with Crippen LogP contribution in [-0.2, 0) is 12.7 Å². The quantitative estimate of drug-likeness (QED) is 0.889. The predicted octanol–water partition coefficient (Wildman–Crippen LogP) is 3.99. The molecule has 7 heteroatoms. The maximum absolute atomic E-state index is 13.2. The van der Waals surface area contributed by atoms with E-state index in [2.05, 4.69) is 5.32 Å². The lowest BCUT2D eigenvalue weighted by molar-refractivity contribution is -0.138. The van der Waals surface area contributed by atoms with Gasteiger partial charge >= 0.3 is 6.18 Å². The molecular formula is C19H21F3N2O2. The third-order valence-corrected chi connectivity index (χ3v) is 4.33. The summed E-state index contributed by atoms with van der Waals surface area (Å²) in [5.41, 5.74) is -0.131. The molecule has 1 atom stereocenters. The number of halogens is 3.